The van der Waals surface area contributed by atoms with Gasteiger partial charge in [0.2, 0.25) is 5.91 Å². The molecule has 2 unspecified atom stereocenters. The van der Waals surface area contributed by atoms with Gasteiger partial charge in [0.25, 0.3) is 0 Å². The molecule has 4 nitrogen and oxygen atoms in total. The molecule has 2 heterocycles. The fourth-order valence-electron chi connectivity index (χ4n) is 2.16. The Labute approximate surface area is 129 Å². The average molecular weight is 306 g/mol. The minimum atomic E-state index is -0.255. The number of furan rings is 1. The van der Waals surface area contributed by atoms with Gasteiger partial charge in [0.15, 0.2) is 0 Å². The van der Waals surface area contributed by atoms with Gasteiger partial charge < -0.3 is 9.73 Å². The molecule has 21 heavy (non-hydrogen) atoms. The summed E-state index contributed by atoms with van der Waals surface area (Å²) in [4.78, 5) is 13.4. The number of carbonyl (C=O) groups excluding carboxylic acids is 1. The van der Waals surface area contributed by atoms with E-state index >= 15 is 0 Å². The minimum absolute atomic E-state index is 0.0198. The van der Waals surface area contributed by atoms with Gasteiger partial charge in [-0.1, -0.05) is 19.9 Å². The quantitative estimate of drug-likeness (QED) is 0.825. The smallest absolute Gasteiger partial charge is 0.237 e. The summed E-state index contributed by atoms with van der Waals surface area (Å²) in [6, 6.07) is 7.74. The Bertz CT molecular complexity index is 535. The molecule has 114 valence electrons. The van der Waals surface area contributed by atoms with Crippen molar-refractivity contribution >= 4 is 17.2 Å². The van der Waals surface area contributed by atoms with E-state index in [0.717, 1.165) is 5.76 Å². The number of rotatable bonds is 7. The fourth-order valence-corrected chi connectivity index (χ4v) is 3.12. The van der Waals surface area contributed by atoms with Crippen LogP contribution in [0.4, 0.5) is 0 Å². The van der Waals surface area contributed by atoms with Gasteiger partial charge >= 0.3 is 0 Å². The van der Waals surface area contributed by atoms with Gasteiger partial charge in [-0.15, -0.1) is 11.3 Å². The highest BCUT2D eigenvalue weighted by Gasteiger charge is 2.22. The zero-order chi connectivity index (χ0) is 15.2. The minimum Gasteiger partial charge on any atom is -0.467 e. The first-order chi connectivity index (χ1) is 10.1. The molecule has 1 amide bonds. The summed E-state index contributed by atoms with van der Waals surface area (Å²) in [6.45, 7) is 6.62. The van der Waals surface area contributed by atoms with E-state index in [-0.39, 0.29) is 18.0 Å². The normalized spacial score (nSPS) is 14.1. The highest BCUT2D eigenvalue weighted by Crippen LogP contribution is 2.26. The molecule has 5 heteroatoms. The highest BCUT2D eigenvalue weighted by molar-refractivity contribution is 7.10. The molecule has 0 fully saturated rings. The maximum Gasteiger partial charge on any atom is 0.237 e. The molecule has 2 atom stereocenters. The van der Waals surface area contributed by atoms with Gasteiger partial charge in [-0.25, -0.2) is 0 Å². The second-order valence-electron chi connectivity index (χ2n) is 5.42. The Morgan fingerprint density at radius 2 is 2.10 bits per heavy atom. The summed E-state index contributed by atoms with van der Waals surface area (Å²) in [7, 11) is 0. The lowest BCUT2D eigenvalue weighted by molar-refractivity contribution is -0.123. The Hall–Kier alpha value is -1.59. The third-order valence-corrected chi connectivity index (χ3v) is 4.31. The predicted molar refractivity (Wildman–Crippen MR) is 85.1 cm³/mol. The Kier molecular flexibility index (Phi) is 5.59. The van der Waals surface area contributed by atoms with Gasteiger partial charge in [-0.2, -0.15) is 0 Å². The van der Waals surface area contributed by atoms with Gasteiger partial charge in [0, 0.05) is 10.9 Å². The van der Waals surface area contributed by atoms with E-state index in [1.807, 2.05) is 25.1 Å². The van der Waals surface area contributed by atoms with Crippen molar-refractivity contribution in [2.45, 2.75) is 39.4 Å². The van der Waals surface area contributed by atoms with Crippen molar-refractivity contribution < 1.29 is 9.21 Å². The number of amides is 1. The zero-order valence-corrected chi connectivity index (χ0v) is 13.4. The molecule has 0 aliphatic rings. The van der Waals surface area contributed by atoms with Crippen molar-refractivity contribution in [1.82, 2.24) is 10.6 Å². The maximum absolute atomic E-state index is 12.2. The van der Waals surface area contributed by atoms with Gasteiger partial charge in [0.1, 0.15) is 5.76 Å². The Morgan fingerprint density at radius 3 is 2.67 bits per heavy atom. The predicted octanol–water partition coefficient (Wildman–Crippen LogP) is 3.33. The lowest BCUT2D eigenvalue weighted by Crippen LogP contribution is -2.44. The van der Waals surface area contributed by atoms with Crippen molar-refractivity contribution in [3.8, 4) is 0 Å². The molecule has 0 aromatic carbocycles. The average Bonchev–Trinajstić information content (AvgIpc) is 3.14. The van der Waals surface area contributed by atoms with E-state index in [4.69, 9.17) is 4.42 Å². The molecule has 0 saturated carbocycles. The van der Waals surface area contributed by atoms with E-state index < -0.39 is 0 Å². The van der Waals surface area contributed by atoms with Crippen LogP contribution in [-0.2, 0) is 11.3 Å². The molecule has 0 aliphatic carbocycles. The first-order valence-corrected chi connectivity index (χ1v) is 8.05. The molecule has 2 N–H and O–H groups in total. The SMILES string of the molecule is CC(NC(c1cccs1)C(C)C)C(=O)NCc1ccco1. The number of thiophene rings is 1. The second kappa shape index (κ2) is 7.43. The third-order valence-electron chi connectivity index (χ3n) is 3.36. The van der Waals surface area contributed by atoms with Crippen molar-refractivity contribution in [3.05, 3.63) is 46.5 Å². The lowest BCUT2D eigenvalue weighted by Gasteiger charge is -2.25. The van der Waals surface area contributed by atoms with Crippen LogP contribution < -0.4 is 10.6 Å². The van der Waals surface area contributed by atoms with E-state index in [1.54, 1.807) is 17.6 Å². The van der Waals surface area contributed by atoms with Crippen LogP contribution in [0.1, 0.15) is 37.5 Å². The summed E-state index contributed by atoms with van der Waals surface area (Å²) in [5.74, 6) is 1.16. The lowest BCUT2D eigenvalue weighted by atomic mass is 10.0. The molecular weight excluding hydrogens is 284 g/mol. The monoisotopic (exact) mass is 306 g/mol. The first kappa shape index (κ1) is 15.8. The molecule has 0 radical (unpaired) electrons. The largest absolute Gasteiger partial charge is 0.467 e. The topological polar surface area (TPSA) is 54.3 Å². The molecule has 0 bridgehead atoms. The number of nitrogens with one attached hydrogen (secondary N) is 2. The summed E-state index contributed by atoms with van der Waals surface area (Å²) >= 11 is 1.72. The number of carbonyl (C=O) groups is 1. The fraction of sp³-hybridized carbons (Fsp3) is 0.438. The molecule has 2 rings (SSSR count). The van der Waals surface area contributed by atoms with Crippen LogP contribution in [0.3, 0.4) is 0 Å². The van der Waals surface area contributed by atoms with E-state index in [2.05, 4.69) is 35.9 Å². The molecule has 2 aromatic rings. The van der Waals surface area contributed by atoms with E-state index in [0.29, 0.717) is 12.5 Å². The zero-order valence-electron chi connectivity index (χ0n) is 12.6. The highest BCUT2D eigenvalue weighted by atomic mass is 32.1. The van der Waals surface area contributed by atoms with Crippen LogP contribution in [-0.4, -0.2) is 11.9 Å². The van der Waals surface area contributed by atoms with Crippen molar-refractivity contribution in [2.24, 2.45) is 5.92 Å². The van der Waals surface area contributed by atoms with Crippen LogP contribution in [0.2, 0.25) is 0 Å². The number of hydrogen-bond acceptors (Lipinski definition) is 4. The van der Waals surface area contributed by atoms with Crippen molar-refractivity contribution in [2.75, 3.05) is 0 Å². The van der Waals surface area contributed by atoms with Crippen LogP contribution in [0, 0.1) is 5.92 Å². The summed E-state index contributed by atoms with van der Waals surface area (Å²) < 4.78 is 5.21. The molecule has 0 aliphatic heterocycles. The van der Waals surface area contributed by atoms with Crippen LogP contribution in [0.5, 0.6) is 0 Å². The Morgan fingerprint density at radius 1 is 1.29 bits per heavy atom. The van der Waals surface area contributed by atoms with Crippen molar-refractivity contribution in [3.63, 3.8) is 0 Å². The van der Waals surface area contributed by atoms with Gasteiger partial charge in [-0.3, -0.25) is 10.1 Å². The van der Waals surface area contributed by atoms with Crippen LogP contribution >= 0.6 is 11.3 Å². The second-order valence-corrected chi connectivity index (χ2v) is 6.40. The van der Waals surface area contributed by atoms with Crippen LogP contribution in [0.25, 0.3) is 0 Å². The van der Waals surface area contributed by atoms with Crippen LogP contribution in [0.15, 0.2) is 40.3 Å². The molecule has 2 aromatic heterocycles. The van der Waals surface area contributed by atoms with E-state index in [9.17, 15) is 4.79 Å². The maximum atomic E-state index is 12.2. The van der Waals surface area contributed by atoms with Gasteiger partial charge in [-0.05, 0) is 36.4 Å². The van der Waals surface area contributed by atoms with Crippen molar-refractivity contribution in [1.29, 1.82) is 0 Å². The van der Waals surface area contributed by atoms with Gasteiger partial charge in [0.05, 0.1) is 18.8 Å². The Balaban J connectivity index is 1.89. The summed E-state index contributed by atoms with van der Waals surface area (Å²) in [6.07, 6.45) is 1.61. The molecule has 0 saturated heterocycles. The third kappa shape index (κ3) is 4.44. The standard InChI is InChI=1S/C16H22N2O2S/c1-11(2)15(14-7-5-9-21-14)18-12(3)16(19)17-10-13-6-4-8-20-13/h4-9,11-12,15,18H,10H2,1-3H3,(H,17,19). The molecule has 0 spiro atoms. The molecular formula is C16H22N2O2S. The summed E-state index contributed by atoms with van der Waals surface area (Å²) in [5.41, 5.74) is 0. The van der Waals surface area contributed by atoms with E-state index in [1.165, 1.54) is 4.88 Å². The number of hydrogen-bond donors (Lipinski definition) is 2. The first-order valence-electron chi connectivity index (χ1n) is 7.17. The summed E-state index contributed by atoms with van der Waals surface area (Å²) in [5, 5.41) is 8.36.